The van der Waals surface area contributed by atoms with Crippen LogP contribution in [0.2, 0.25) is 0 Å². The lowest BCUT2D eigenvalue weighted by molar-refractivity contribution is 1.37. The fraction of sp³-hybridized carbons (Fsp3) is 0.150. The number of aliphatic imine (C=N–C) groups is 1. The summed E-state index contributed by atoms with van der Waals surface area (Å²) in [6, 6.07) is 15.3. The van der Waals surface area contributed by atoms with Crippen LogP contribution in [0.1, 0.15) is 27.8 Å². The molecule has 1 nitrogen and oxygen atoms in total. The lowest BCUT2D eigenvalue weighted by Crippen LogP contribution is -2.01. The zero-order valence-corrected chi connectivity index (χ0v) is 14.5. The lowest BCUT2D eigenvalue weighted by atomic mass is 9.95. The van der Waals surface area contributed by atoms with Gasteiger partial charge in [-0.2, -0.15) is 0 Å². The molecule has 0 unspecified atom stereocenters. The Morgan fingerprint density at radius 1 is 0.864 bits per heavy atom. The number of benzene rings is 3. The van der Waals surface area contributed by atoms with Crippen molar-refractivity contribution < 1.29 is 0 Å². The van der Waals surface area contributed by atoms with Crippen LogP contribution in [0.4, 0.5) is 5.69 Å². The maximum absolute atomic E-state index is 4.99. The van der Waals surface area contributed by atoms with Crippen molar-refractivity contribution in [3.8, 4) is 0 Å². The van der Waals surface area contributed by atoms with Crippen molar-refractivity contribution in [1.82, 2.24) is 0 Å². The molecule has 0 N–H and O–H groups in total. The zero-order chi connectivity index (χ0) is 15.4. The van der Waals surface area contributed by atoms with E-state index in [0.717, 1.165) is 15.9 Å². The highest BCUT2D eigenvalue weighted by molar-refractivity contribution is 9.10. The largest absolute Gasteiger partial charge is 0.247 e. The van der Waals surface area contributed by atoms with E-state index in [1.165, 1.54) is 38.6 Å². The normalized spacial score (nSPS) is 12.8. The second-order valence-corrected chi connectivity index (χ2v) is 6.94. The molecule has 4 rings (SSSR count). The van der Waals surface area contributed by atoms with Crippen molar-refractivity contribution >= 4 is 38.1 Å². The van der Waals surface area contributed by atoms with E-state index in [-0.39, 0.29) is 0 Å². The van der Waals surface area contributed by atoms with Gasteiger partial charge in [0.2, 0.25) is 0 Å². The second kappa shape index (κ2) is 4.79. The molecule has 22 heavy (non-hydrogen) atoms. The van der Waals surface area contributed by atoms with E-state index in [9.17, 15) is 0 Å². The number of hydrogen-bond acceptors (Lipinski definition) is 1. The quantitative estimate of drug-likeness (QED) is 0.399. The third-order valence-corrected chi connectivity index (χ3v) is 4.97. The van der Waals surface area contributed by atoms with E-state index in [2.05, 4.69) is 79.2 Å². The third-order valence-electron chi connectivity index (χ3n) is 4.28. The van der Waals surface area contributed by atoms with Gasteiger partial charge in [-0.3, -0.25) is 0 Å². The van der Waals surface area contributed by atoms with Crippen molar-refractivity contribution in [3.63, 3.8) is 0 Å². The summed E-state index contributed by atoms with van der Waals surface area (Å²) in [5.41, 5.74) is 8.43. The molecule has 108 valence electrons. The molecule has 3 aromatic rings. The highest BCUT2D eigenvalue weighted by Gasteiger charge is 2.22. The fourth-order valence-electron chi connectivity index (χ4n) is 3.34. The predicted molar refractivity (Wildman–Crippen MR) is 97.6 cm³/mol. The molecule has 0 atom stereocenters. The molecule has 3 aromatic carbocycles. The molecule has 0 aliphatic carbocycles. The van der Waals surface area contributed by atoms with Gasteiger partial charge in [0.1, 0.15) is 0 Å². The van der Waals surface area contributed by atoms with Crippen molar-refractivity contribution in [3.05, 3.63) is 74.8 Å². The first-order chi connectivity index (χ1) is 10.5. The van der Waals surface area contributed by atoms with E-state index in [1.807, 2.05) is 0 Å². The average Bonchev–Trinajstić information content (AvgIpc) is 2.85. The molecular formula is C20H16BrN. The van der Waals surface area contributed by atoms with E-state index in [0.29, 0.717) is 0 Å². The van der Waals surface area contributed by atoms with Gasteiger partial charge in [0, 0.05) is 21.0 Å². The molecule has 1 heterocycles. The van der Waals surface area contributed by atoms with Crippen molar-refractivity contribution in [2.24, 2.45) is 4.99 Å². The minimum atomic E-state index is 1.09. The molecule has 0 spiro atoms. The van der Waals surface area contributed by atoms with Crippen molar-refractivity contribution in [2.45, 2.75) is 20.8 Å². The Hall–Kier alpha value is -1.93. The predicted octanol–water partition coefficient (Wildman–Crippen LogP) is 6.01. The molecule has 1 aliphatic heterocycles. The maximum atomic E-state index is 4.99. The Labute approximate surface area is 138 Å². The summed E-state index contributed by atoms with van der Waals surface area (Å²) in [4.78, 5) is 4.99. The summed E-state index contributed by atoms with van der Waals surface area (Å²) in [6.45, 7) is 6.41. The van der Waals surface area contributed by atoms with Gasteiger partial charge < -0.3 is 0 Å². The molecule has 0 saturated carbocycles. The van der Waals surface area contributed by atoms with Gasteiger partial charge in [0.15, 0.2) is 0 Å². The van der Waals surface area contributed by atoms with Crippen LogP contribution >= 0.6 is 15.9 Å². The van der Waals surface area contributed by atoms with Crippen molar-refractivity contribution in [2.75, 3.05) is 0 Å². The van der Waals surface area contributed by atoms with Crippen LogP contribution in [0.25, 0.3) is 10.8 Å². The topological polar surface area (TPSA) is 12.4 Å². The summed E-state index contributed by atoms with van der Waals surface area (Å²) >= 11 is 3.67. The third kappa shape index (κ3) is 1.94. The van der Waals surface area contributed by atoms with E-state index in [4.69, 9.17) is 4.99 Å². The smallest absolute Gasteiger partial charge is 0.0789 e. The summed E-state index contributed by atoms with van der Waals surface area (Å²) in [6.07, 6.45) is 0. The molecule has 0 aromatic heterocycles. The van der Waals surface area contributed by atoms with Gasteiger partial charge in [-0.25, -0.2) is 4.99 Å². The lowest BCUT2D eigenvalue weighted by Gasteiger charge is -2.08. The van der Waals surface area contributed by atoms with E-state index >= 15 is 0 Å². The van der Waals surface area contributed by atoms with Crippen LogP contribution in [0.5, 0.6) is 0 Å². The Bertz CT molecular complexity index is 947. The second-order valence-electron chi connectivity index (χ2n) is 6.09. The van der Waals surface area contributed by atoms with Crippen molar-refractivity contribution in [1.29, 1.82) is 0 Å². The van der Waals surface area contributed by atoms with Gasteiger partial charge >= 0.3 is 0 Å². The average molecular weight is 350 g/mol. The van der Waals surface area contributed by atoms with Gasteiger partial charge in [-0.05, 0) is 49.9 Å². The minimum absolute atomic E-state index is 1.09. The molecule has 0 saturated heterocycles. The first kappa shape index (κ1) is 13.7. The summed E-state index contributed by atoms with van der Waals surface area (Å²) < 4.78 is 1.13. The summed E-state index contributed by atoms with van der Waals surface area (Å²) in [5, 5.41) is 2.50. The molecule has 2 heteroatoms. The SMILES string of the molecule is Cc1cc(C)cc(C2=Nc3c(C)ccc4c(Br)ccc2c34)c1. The maximum Gasteiger partial charge on any atom is 0.0789 e. The minimum Gasteiger partial charge on any atom is -0.247 e. The Balaban J connectivity index is 2.05. The van der Waals surface area contributed by atoms with Crippen LogP contribution in [-0.4, -0.2) is 5.71 Å². The Kier molecular flexibility index (Phi) is 2.98. The number of rotatable bonds is 1. The highest BCUT2D eigenvalue weighted by atomic mass is 79.9. The van der Waals surface area contributed by atoms with Gasteiger partial charge in [-0.15, -0.1) is 0 Å². The highest BCUT2D eigenvalue weighted by Crippen LogP contribution is 2.42. The van der Waals surface area contributed by atoms with E-state index < -0.39 is 0 Å². The standard InChI is InChI=1S/C20H16BrN/c1-11-8-12(2)10-14(9-11)20-16-6-7-17(21)15-5-4-13(3)19(22-20)18(15)16/h4-10H,1-3H3. The van der Waals surface area contributed by atoms with Crippen LogP contribution in [0.15, 0.2) is 51.9 Å². The zero-order valence-electron chi connectivity index (χ0n) is 12.9. The van der Waals surface area contributed by atoms with Crippen LogP contribution in [0, 0.1) is 20.8 Å². The van der Waals surface area contributed by atoms with Crippen LogP contribution in [0.3, 0.4) is 0 Å². The molecule has 0 bridgehead atoms. The number of aryl methyl sites for hydroxylation is 3. The Morgan fingerprint density at radius 2 is 1.59 bits per heavy atom. The first-order valence-corrected chi connectivity index (χ1v) is 8.23. The van der Waals surface area contributed by atoms with Gasteiger partial charge in [0.05, 0.1) is 11.4 Å². The summed E-state index contributed by atoms with van der Waals surface area (Å²) in [5.74, 6) is 0. The molecule has 0 fully saturated rings. The molecule has 0 radical (unpaired) electrons. The Morgan fingerprint density at radius 3 is 2.32 bits per heavy atom. The number of halogens is 1. The van der Waals surface area contributed by atoms with Gasteiger partial charge in [0.25, 0.3) is 0 Å². The van der Waals surface area contributed by atoms with Crippen LogP contribution < -0.4 is 0 Å². The molecular weight excluding hydrogens is 334 g/mol. The molecule has 1 aliphatic rings. The number of nitrogens with zero attached hydrogens (tertiary/aromatic N) is 1. The monoisotopic (exact) mass is 349 g/mol. The number of hydrogen-bond donors (Lipinski definition) is 0. The first-order valence-electron chi connectivity index (χ1n) is 7.44. The fourth-order valence-corrected chi connectivity index (χ4v) is 3.80. The van der Waals surface area contributed by atoms with Gasteiger partial charge in [-0.1, -0.05) is 51.3 Å². The van der Waals surface area contributed by atoms with Crippen LogP contribution in [-0.2, 0) is 0 Å². The summed E-state index contributed by atoms with van der Waals surface area (Å²) in [7, 11) is 0. The van der Waals surface area contributed by atoms with E-state index in [1.54, 1.807) is 0 Å². The molecule has 0 amide bonds.